The molecule has 104 valence electrons. The number of benzene rings is 1. The Balaban J connectivity index is 0.000000399. The summed E-state index contributed by atoms with van der Waals surface area (Å²) in [5, 5.41) is 25.1. The number of rotatable bonds is 4. The Bertz CT molecular complexity index is 420. The molecule has 0 aliphatic heterocycles. The van der Waals surface area contributed by atoms with E-state index in [-0.39, 0.29) is 30.3 Å². The molecule has 1 aromatic carbocycles. The first kappa shape index (κ1) is 16.6. The van der Waals surface area contributed by atoms with Gasteiger partial charge in [0.25, 0.3) is 0 Å². The van der Waals surface area contributed by atoms with Crippen molar-refractivity contribution < 1.29 is 34.4 Å². The molecule has 0 aliphatic carbocycles. The SMILES string of the molecule is CC(=O)OCCO.O=C(O)c1ccccc1C(=O)O. The summed E-state index contributed by atoms with van der Waals surface area (Å²) in [4.78, 5) is 30.8. The van der Waals surface area contributed by atoms with E-state index in [1.807, 2.05) is 0 Å². The van der Waals surface area contributed by atoms with Crippen molar-refractivity contribution in [3.63, 3.8) is 0 Å². The Morgan fingerprint density at radius 2 is 1.47 bits per heavy atom. The van der Waals surface area contributed by atoms with Crippen LogP contribution in [0.3, 0.4) is 0 Å². The van der Waals surface area contributed by atoms with Crippen LogP contribution in [0, 0.1) is 0 Å². The fourth-order valence-electron chi connectivity index (χ4n) is 1.05. The highest BCUT2D eigenvalue weighted by Crippen LogP contribution is 2.07. The van der Waals surface area contributed by atoms with Crippen LogP contribution in [0.1, 0.15) is 27.6 Å². The summed E-state index contributed by atoms with van der Waals surface area (Å²) in [6.45, 7) is 1.31. The van der Waals surface area contributed by atoms with Crippen LogP contribution in [0.2, 0.25) is 0 Å². The molecule has 0 amide bonds. The fraction of sp³-hybridized carbons (Fsp3) is 0.250. The normalized spacial score (nSPS) is 8.95. The van der Waals surface area contributed by atoms with Crippen LogP contribution in [0.15, 0.2) is 24.3 Å². The minimum absolute atomic E-state index is 0.0976. The van der Waals surface area contributed by atoms with Crippen molar-refractivity contribution in [1.82, 2.24) is 0 Å². The lowest BCUT2D eigenvalue weighted by atomic mass is 10.1. The summed E-state index contributed by atoms with van der Waals surface area (Å²) in [5.74, 6) is -2.81. The smallest absolute Gasteiger partial charge is 0.336 e. The minimum Gasteiger partial charge on any atom is -0.478 e. The molecular weight excluding hydrogens is 256 g/mol. The van der Waals surface area contributed by atoms with E-state index in [2.05, 4.69) is 4.74 Å². The van der Waals surface area contributed by atoms with E-state index in [4.69, 9.17) is 15.3 Å². The van der Waals surface area contributed by atoms with Crippen LogP contribution in [0.5, 0.6) is 0 Å². The van der Waals surface area contributed by atoms with Gasteiger partial charge in [-0.3, -0.25) is 4.79 Å². The summed E-state index contributed by atoms with van der Waals surface area (Å²) in [7, 11) is 0. The highest BCUT2D eigenvalue weighted by Gasteiger charge is 2.13. The first-order valence-electron chi connectivity index (χ1n) is 5.20. The number of hydrogen-bond donors (Lipinski definition) is 3. The quantitative estimate of drug-likeness (QED) is 0.686. The second-order valence-corrected chi connectivity index (χ2v) is 3.22. The highest BCUT2D eigenvalue weighted by atomic mass is 16.5. The number of ether oxygens (including phenoxy) is 1. The largest absolute Gasteiger partial charge is 0.478 e. The molecule has 0 unspecified atom stereocenters. The first-order valence-corrected chi connectivity index (χ1v) is 5.20. The Labute approximate surface area is 109 Å². The highest BCUT2D eigenvalue weighted by molar-refractivity contribution is 6.01. The van der Waals surface area contributed by atoms with Gasteiger partial charge in [0.15, 0.2) is 0 Å². The van der Waals surface area contributed by atoms with E-state index in [9.17, 15) is 14.4 Å². The fourth-order valence-corrected chi connectivity index (χ4v) is 1.05. The number of esters is 1. The van der Waals surface area contributed by atoms with E-state index >= 15 is 0 Å². The van der Waals surface area contributed by atoms with Gasteiger partial charge in [0.1, 0.15) is 6.61 Å². The zero-order valence-corrected chi connectivity index (χ0v) is 10.2. The molecule has 0 spiro atoms. The molecule has 1 rings (SSSR count). The van der Waals surface area contributed by atoms with E-state index in [1.165, 1.54) is 31.2 Å². The van der Waals surface area contributed by atoms with Gasteiger partial charge in [-0.25, -0.2) is 9.59 Å². The lowest BCUT2D eigenvalue weighted by Crippen LogP contribution is -2.06. The molecule has 7 nitrogen and oxygen atoms in total. The zero-order chi connectivity index (χ0) is 14.8. The third-order valence-electron chi connectivity index (χ3n) is 1.78. The molecule has 0 atom stereocenters. The average Bonchev–Trinajstić information content (AvgIpc) is 2.36. The Morgan fingerprint density at radius 1 is 1.05 bits per heavy atom. The van der Waals surface area contributed by atoms with Crippen molar-refractivity contribution >= 4 is 17.9 Å². The summed E-state index contributed by atoms with van der Waals surface area (Å²) in [6, 6.07) is 5.48. The molecule has 19 heavy (non-hydrogen) atoms. The van der Waals surface area contributed by atoms with Gasteiger partial charge >= 0.3 is 17.9 Å². The molecule has 0 bridgehead atoms. The Morgan fingerprint density at radius 3 is 1.68 bits per heavy atom. The van der Waals surface area contributed by atoms with E-state index in [1.54, 1.807) is 0 Å². The number of hydrogen-bond acceptors (Lipinski definition) is 5. The van der Waals surface area contributed by atoms with Crippen LogP contribution in [0.4, 0.5) is 0 Å². The number of aliphatic hydroxyl groups excluding tert-OH is 1. The average molecular weight is 270 g/mol. The van der Waals surface area contributed by atoms with Crippen molar-refractivity contribution in [3.05, 3.63) is 35.4 Å². The number of aliphatic hydroxyl groups is 1. The third kappa shape index (κ3) is 6.79. The molecule has 0 saturated carbocycles. The molecule has 0 aliphatic rings. The maximum absolute atomic E-state index is 10.5. The van der Waals surface area contributed by atoms with Gasteiger partial charge in [-0.15, -0.1) is 0 Å². The lowest BCUT2D eigenvalue weighted by Gasteiger charge is -1.98. The summed E-state index contributed by atoms with van der Waals surface area (Å²) in [6.07, 6.45) is 0. The molecular formula is C12H14O7. The summed E-state index contributed by atoms with van der Waals surface area (Å²) < 4.78 is 4.30. The Kier molecular flexibility index (Phi) is 7.55. The maximum Gasteiger partial charge on any atom is 0.336 e. The molecule has 0 aromatic heterocycles. The van der Waals surface area contributed by atoms with Crippen LogP contribution in [-0.4, -0.2) is 46.4 Å². The second kappa shape index (κ2) is 8.65. The minimum atomic E-state index is -1.23. The molecule has 0 saturated heterocycles. The van der Waals surface area contributed by atoms with Crippen molar-refractivity contribution in [2.45, 2.75) is 6.92 Å². The number of carboxylic acids is 2. The second-order valence-electron chi connectivity index (χ2n) is 3.22. The van der Waals surface area contributed by atoms with Crippen molar-refractivity contribution in [1.29, 1.82) is 0 Å². The van der Waals surface area contributed by atoms with Crippen LogP contribution < -0.4 is 0 Å². The summed E-state index contributed by atoms with van der Waals surface area (Å²) >= 11 is 0. The standard InChI is InChI=1S/C8H6O4.C4H8O3/c9-7(10)5-3-1-2-4-6(5)8(11)12;1-4(6)7-3-2-5/h1-4H,(H,9,10)(H,11,12);5H,2-3H2,1H3. The predicted octanol–water partition coefficient (Wildman–Crippen LogP) is 0.625. The van der Waals surface area contributed by atoms with Crippen LogP contribution in [0.25, 0.3) is 0 Å². The van der Waals surface area contributed by atoms with Gasteiger partial charge in [-0.1, -0.05) is 12.1 Å². The Hall–Kier alpha value is -2.41. The molecule has 0 heterocycles. The van der Waals surface area contributed by atoms with Crippen LogP contribution in [-0.2, 0) is 9.53 Å². The molecule has 7 heteroatoms. The molecule has 0 fully saturated rings. The number of aromatic carboxylic acids is 2. The number of carboxylic acid groups (broad SMARTS) is 2. The van der Waals surface area contributed by atoms with Gasteiger partial charge in [-0.05, 0) is 12.1 Å². The molecule has 0 radical (unpaired) electrons. The summed E-state index contributed by atoms with van der Waals surface area (Å²) in [5.41, 5.74) is -0.380. The molecule has 1 aromatic rings. The van der Waals surface area contributed by atoms with Gasteiger partial charge in [-0.2, -0.15) is 0 Å². The van der Waals surface area contributed by atoms with Crippen molar-refractivity contribution in [2.24, 2.45) is 0 Å². The number of carbonyl (C=O) groups is 3. The van der Waals surface area contributed by atoms with Gasteiger partial charge in [0, 0.05) is 6.92 Å². The third-order valence-corrected chi connectivity index (χ3v) is 1.78. The zero-order valence-electron chi connectivity index (χ0n) is 10.2. The topological polar surface area (TPSA) is 121 Å². The lowest BCUT2D eigenvalue weighted by molar-refractivity contribution is -0.141. The van der Waals surface area contributed by atoms with Crippen molar-refractivity contribution in [3.8, 4) is 0 Å². The van der Waals surface area contributed by atoms with E-state index in [0.29, 0.717) is 0 Å². The molecule has 3 N–H and O–H groups in total. The monoisotopic (exact) mass is 270 g/mol. The van der Waals surface area contributed by atoms with E-state index in [0.717, 1.165) is 0 Å². The van der Waals surface area contributed by atoms with Gasteiger partial charge in [0.05, 0.1) is 17.7 Å². The number of carbonyl (C=O) groups excluding carboxylic acids is 1. The maximum atomic E-state index is 10.5. The van der Waals surface area contributed by atoms with E-state index < -0.39 is 11.9 Å². The first-order chi connectivity index (χ1) is 8.90. The van der Waals surface area contributed by atoms with Crippen LogP contribution >= 0.6 is 0 Å². The predicted molar refractivity (Wildman–Crippen MR) is 64.1 cm³/mol. The van der Waals surface area contributed by atoms with Gasteiger partial charge in [0.2, 0.25) is 0 Å². The van der Waals surface area contributed by atoms with Crippen molar-refractivity contribution in [2.75, 3.05) is 13.2 Å². The van der Waals surface area contributed by atoms with Gasteiger partial charge < -0.3 is 20.1 Å².